The summed E-state index contributed by atoms with van der Waals surface area (Å²) >= 11 is 1.76. The number of carbonyl (C=O) groups excluding carboxylic acids is 3. The third-order valence-corrected chi connectivity index (χ3v) is 9.52. The van der Waals surface area contributed by atoms with Crippen LogP contribution < -0.4 is 15.8 Å². The van der Waals surface area contributed by atoms with Crippen molar-refractivity contribution in [3.8, 4) is 5.88 Å². The minimum atomic E-state index is -0.798. The molecule has 3 amide bonds. The number of anilines is 1. The van der Waals surface area contributed by atoms with Crippen molar-refractivity contribution in [3.63, 3.8) is 0 Å². The van der Waals surface area contributed by atoms with Gasteiger partial charge in [-0.1, -0.05) is 26.8 Å². The Hall–Kier alpha value is -3.57. The van der Waals surface area contributed by atoms with Crippen LogP contribution in [0.3, 0.4) is 0 Å². The first-order valence-corrected chi connectivity index (χ1v) is 14.8. The Balaban J connectivity index is 1.38. The predicted molar refractivity (Wildman–Crippen MR) is 159 cm³/mol. The Kier molecular flexibility index (Phi) is 8.02. The van der Waals surface area contributed by atoms with Crippen LogP contribution in [0.4, 0.5) is 5.69 Å². The second-order valence-corrected chi connectivity index (χ2v) is 13.2. The summed E-state index contributed by atoms with van der Waals surface area (Å²) < 4.78 is 6.19. The lowest BCUT2D eigenvalue weighted by Crippen LogP contribution is -2.46. The minimum Gasteiger partial charge on any atom is -0.480 e. The molecule has 1 aromatic carbocycles. The van der Waals surface area contributed by atoms with Crippen molar-refractivity contribution < 1.29 is 19.1 Å². The summed E-state index contributed by atoms with van der Waals surface area (Å²) in [6.07, 6.45) is 4.11. The molecule has 11 heteroatoms. The normalized spacial score (nSPS) is 22.9. The van der Waals surface area contributed by atoms with Gasteiger partial charge in [0.25, 0.3) is 5.91 Å². The van der Waals surface area contributed by atoms with E-state index >= 15 is 0 Å². The van der Waals surface area contributed by atoms with Crippen LogP contribution in [0.2, 0.25) is 0 Å². The van der Waals surface area contributed by atoms with Gasteiger partial charge in [0.15, 0.2) is 0 Å². The number of nitrogens with two attached hydrogens (primary N) is 1. The summed E-state index contributed by atoms with van der Waals surface area (Å²) in [7, 11) is 3.54. The molecular weight excluding hydrogens is 540 g/mol. The molecule has 5 rings (SSSR count). The molecular formula is C30H38N6O4S. The molecule has 1 unspecified atom stereocenters. The van der Waals surface area contributed by atoms with Crippen LogP contribution in [0.1, 0.15) is 72.9 Å². The average Bonchev–Trinajstić information content (AvgIpc) is 3.34. The van der Waals surface area contributed by atoms with Crippen LogP contribution in [0.15, 0.2) is 30.5 Å². The van der Waals surface area contributed by atoms with E-state index in [0.717, 1.165) is 48.1 Å². The van der Waals surface area contributed by atoms with E-state index in [9.17, 15) is 14.4 Å². The second kappa shape index (κ2) is 11.4. The number of amides is 3. The fraction of sp³-hybridized carbons (Fsp3) is 0.500. The number of primary amides is 1. The molecule has 2 aromatic heterocycles. The number of piperidine rings is 2. The van der Waals surface area contributed by atoms with E-state index in [-0.39, 0.29) is 34.5 Å². The van der Waals surface area contributed by atoms with Crippen molar-refractivity contribution in [2.45, 2.75) is 52.0 Å². The third kappa shape index (κ3) is 5.92. The van der Waals surface area contributed by atoms with Gasteiger partial charge >= 0.3 is 11.8 Å². The molecule has 2 aliphatic rings. The summed E-state index contributed by atoms with van der Waals surface area (Å²) in [5, 5.41) is 3.75. The number of fused-ring (bicyclic) bond motifs is 1. The molecule has 3 atom stereocenters. The Labute approximate surface area is 244 Å². The summed E-state index contributed by atoms with van der Waals surface area (Å²) in [6.45, 7) is 9.28. The summed E-state index contributed by atoms with van der Waals surface area (Å²) in [4.78, 5) is 51.5. The lowest BCUT2D eigenvalue weighted by molar-refractivity contribution is -0.146. The molecule has 2 aliphatic heterocycles. The SMILES string of the molecule is COc1ncc(NC(=O)C(=O)N2C[C@@H](C)CC[C@@H]2c2ccc3sc(C4CCN(C)CC4(C)C)nc3c2)cc1C(N)=O. The van der Waals surface area contributed by atoms with Gasteiger partial charge in [-0.2, -0.15) is 0 Å². The molecule has 0 bridgehead atoms. The van der Waals surface area contributed by atoms with Gasteiger partial charge < -0.3 is 25.6 Å². The van der Waals surface area contributed by atoms with Gasteiger partial charge in [0.05, 0.1) is 40.3 Å². The van der Waals surface area contributed by atoms with Crippen LogP contribution in [0.5, 0.6) is 5.88 Å². The van der Waals surface area contributed by atoms with Crippen LogP contribution in [-0.2, 0) is 9.59 Å². The topological polar surface area (TPSA) is 131 Å². The Bertz CT molecular complexity index is 1490. The van der Waals surface area contributed by atoms with Gasteiger partial charge in [0.2, 0.25) is 5.88 Å². The van der Waals surface area contributed by atoms with Crippen LogP contribution >= 0.6 is 11.3 Å². The van der Waals surface area contributed by atoms with Crippen molar-refractivity contribution in [1.29, 1.82) is 0 Å². The van der Waals surface area contributed by atoms with E-state index in [2.05, 4.69) is 61.2 Å². The Morgan fingerprint density at radius 1 is 1.17 bits per heavy atom. The van der Waals surface area contributed by atoms with Crippen molar-refractivity contribution >= 4 is 45.0 Å². The van der Waals surface area contributed by atoms with Gasteiger partial charge in [-0.15, -0.1) is 11.3 Å². The maximum atomic E-state index is 13.5. The number of pyridine rings is 1. The maximum absolute atomic E-state index is 13.5. The first kappa shape index (κ1) is 28.9. The predicted octanol–water partition coefficient (Wildman–Crippen LogP) is 4.18. The van der Waals surface area contributed by atoms with E-state index in [1.54, 1.807) is 16.2 Å². The zero-order chi connectivity index (χ0) is 29.5. The van der Waals surface area contributed by atoms with Gasteiger partial charge in [-0.3, -0.25) is 14.4 Å². The highest BCUT2D eigenvalue weighted by Crippen LogP contribution is 2.45. The number of nitrogens with zero attached hydrogens (tertiary/aromatic N) is 4. The summed E-state index contributed by atoms with van der Waals surface area (Å²) in [5.41, 5.74) is 7.67. The number of hydrogen-bond acceptors (Lipinski definition) is 8. The van der Waals surface area contributed by atoms with E-state index in [1.165, 1.54) is 24.4 Å². The van der Waals surface area contributed by atoms with Crippen LogP contribution in [0, 0.1) is 11.3 Å². The number of likely N-dealkylation sites (tertiary alicyclic amines) is 2. The van der Waals surface area contributed by atoms with Gasteiger partial charge in [-0.05, 0) is 68.0 Å². The zero-order valence-electron chi connectivity index (χ0n) is 24.3. The van der Waals surface area contributed by atoms with Crippen LogP contribution in [0.25, 0.3) is 10.2 Å². The largest absolute Gasteiger partial charge is 0.480 e. The molecule has 3 aromatic rings. The zero-order valence-corrected chi connectivity index (χ0v) is 25.1. The fourth-order valence-corrected chi connectivity index (χ4v) is 7.59. The molecule has 0 spiro atoms. The monoisotopic (exact) mass is 578 g/mol. The Morgan fingerprint density at radius 2 is 1.95 bits per heavy atom. The summed E-state index contributed by atoms with van der Waals surface area (Å²) in [5.74, 6) is -1.47. The molecule has 3 N–H and O–H groups in total. The fourth-order valence-electron chi connectivity index (χ4n) is 6.30. The van der Waals surface area contributed by atoms with E-state index in [0.29, 0.717) is 12.5 Å². The highest BCUT2D eigenvalue weighted by Gasteiger charge is 2.38. The standard InChI is InChI=1S/C30H38N6O4S/c1-17-6-8-23(36(15-17)29(39)26(38)33-19-13-20(25(31)37)27(40-5)32-14-19)18-7-9-24-22(12-18)34-28(41-24)21-10-11-35(4)16-30(21,2)3/h7,9,12-14,17,21,23H,6,8,10-11,15-16H2,1-5H3,(H2,31,37)(H,33,38)/t17-,21?,23+/m0/s1. The first-order valence-electron chi connectivity index (χ1n) is 14.0. The van der Waals surface area contributed by atoms with Crippen molar-refractivity contribution in [1.82, 2.24) is 19.8 Å². The number of methoxy groups -OCH3 is 1. The number of thiazole rings is 1. The van der Waals surface area contributed by atoms with Crippen molar-refractivity contribution in [2.24, 2.45) is 17.1 Å². The molecule has 10 nitrogen and oxygen atoms in total. The second-order valence-electron chi connectivity index (χ2n) is 12.1. The molecule has 0 radical (unpaired) electrons. The van der Waals surface area contributed by atoms with Gasteiger partial charge in [-0.25, -0.2) is 9.97 Å². The minimum absolute atomic E-state index is 0.0155. The van der Waals surface area contributed by atoms with Crippen LogP contribution in [-0.4, -0.2) is 71.3 Å². The Morgan fingerprint density at radius 3 is 2.66 bits per heavy atom. The molecule has 0 aliphatic carbocycles. The third-order valence-electron chi connectivity index (χ3n) is 8.37. The molecule has 0 saturated carbocycles. The quantitative estimate of drug-likeness (QED) is 0.434. The van der Waals surface area contributed by atoms with Crippen molar-refractivity contribution in [2.75, 3.05) is 39.1 Å². The lowest BCUT2D eigenvalue weighted by atomic mass is 9.74. The van der Waals surface area contributed by atoms with Crippen molar-refractivity contribution in [3.05, 3.63) is 46.6 Å². The molecule has 2 saturated heterocycles. The van der Waals surface area contributed by atoms with Gasteiger partial charge in [0.1, 0.15) is 5.56 Å². The van der Waals surface area contributed by atoms with Gasteiger partial charge in [0, 0.05) is 19.0 Å². The maximum Gasteiger partial charge on any atom is 0.313 e. The average molecular weight is 579 g/mol. The summed E-state index contributed by atoms with van der Waals surface area (Å²) in [6, 6.07) is 7.37. The first-order chi connectivity index (χ1) is 19.5. The smallest absolute Gasteiger partial charge is 0.313 e. The number of carbonyl (C=O) groups is 3. The number of hydrogen-bond donors (Lipinski definition) is 2. The lowest BCUT2D eigenvalue weighted by Gasteiger charge is -2.42. The number of aromatic nitrogens is 2. The highest BCUT2D eigenvalue weighted by atomic mass is 32.1. The van der Waals surface area contributed by atoms with E-state index in [1.807, 2.05) is 0 Å². The number of nitrogens with one attached hydrogen (secondary N) is 1. The molecule has 4 heterocycles. The number of benzene rings is 1. The molecule has 2 fully saturated rings. The van der Waals surface area contributed by atoms with E-state index in [4.69, 9.17) is 15.5 Å². The number of rotatable bonds is 5. The number of ether oxygens (including phenoxy) is 1. The molecule has 41 heavy (non-hydrogen) atoms. The van der Waals surface area contributed by atoms with E-state index < -0.39 is 17.7 Å². The molecule has 218 valence electrons. The highest BCUT2D eigenvalue weighted by molar-refractivity contribution is 7.18.